The van der Waals surface area contributed by atoms with Crippen LogP contribution in [-0.2, 0) is 54.5 Å². The van der Waals surface area contributed by atoms with E-state index in [0.29, 0.717) is 94.0 Å². The summed E-state index contributed by atoms with van der Waals surface area (Å²) >= 11 is 0. The number of nitrogens with two attached hydrogens (primary N) is 1. The Kier molecular flexibility index (Phi) is 30.4. The number of aryl methyl sites for hydroxylation is 7. The molecule has 0 radical (unpaired) electrons. The summed E-state index contributed by atoms with van der Waals surface area (Å²) in [5, 5.41) is 18.9. The maximum Gasteiger partial charge on any atom is 0.320 e. The number of aromatic nitrogens is 6. The molecule has 4 N–H and O–H groups in total. The molecule has 562 valence electrons. The first kappa shape index (κ1) is 79.0. The van der Waals surface area contributed by atoms with Crippen molar-refractivity contribution in [2.75, 3.05) is 98.7 Å². The van der Waals surface area contributed by atoms with Crippen LogP contribution in [0.1, 0.15) is 141 Å². The van der Waals surface area contributed by atoms with Gasteiger partial charge in [-0.3, -0.25) is 34.5 Å². The number of rotatable bonds is 37. The molecule has 25 heteroatoms. The number of benzene rings is 2. The summed E-state index contributed by atoms with van der Waals surface area (Å²) in [4.78, 5) is 99.9. The van der Waals surface area contributed by atoms with Crippen molar-refractivity contribution in [1.82, 2.24) is 59.3 Å². The number of nitrogen functional groups attached to an aromatic ring is 1. The first-order chi connectivity index (χ1) is 51.5. The molecule has 3 aliphatic heterocycles. The van der Waals surface area contributed by atoms with Gasteiger partial charge in [0.2, 0.25) is 0 Å². The van der Waals surface area contributed by atoms with E-state index in [9.17, 15) is 34.2 Å². The van der Waals surface area contributed by atoms with Gasteiger partial charge in [-0.1, -0.05) is 49.4 Å². The van der Waals surface area contributed by atoms with E-state index >= 15 is 0 Å². The fraction of sp³-hybridized carbons (Fsp3) is 0.420. The summed E-state index contributed by atoms with van der Waals surface area (Å²) in [6.07, 6.45) is 18.8. The third-order valence-electron chi connectivity index (χ3n) is 18.7. The number of nitrogens with zero attached hydrogens (tertiary/aromatic N) is 12. The van der Waals surface area contributed by atoms with Crippen molar-refractivity contribution in [1.29, 1.82) is 0 Å². The Morgan fingerprint density at radius 2 is 0.745 bits per heavy atom. The van der Waals surface area contributed by atoms with Crippen LogP contribution in [0.25, 0.3) is 0 Å². The molecular weight excluding hydrogens is 1350 g/mol. The fourth-order valence-corrected chi connectivity index (χ4v) is 13.4. The number of carbonyl (C=O) groups is 5. The number of hydrogen-bond donors (Lipinski definition) is 3. The highest BCUT2D eigenvalue weighted by Crippen LogP contribution is 2.34. The van der Waals surface area contributed by atoms with Crippen LogP contribution in [0.15, 0.2) is 159 Å². The zero-order valence-electron chi connectivity index (χ0n) is 61.8. The first-order valence-corrected chi connectivity index (χ1v) is 36.8. The summed E-state index contributed by atoms with van der Waals surface area (Å²) in [7, 11) is 3.35. The molecule has 11 rings (SSSR count). The average Bonchev–Trinajstić information content (AvgIpc) is 1.65. The number of carboxylic acid groups (broad SMARTS) is 2. The normalized spacial score (nSPS) is 14.3. The molecule has 6 amide bonds. The van der Waals surface area contributed by atoms with Crippen molar-refractivity contribution in [2.45, 2.75) is 129 Å². The highest BCUT2D eigenvalue weighted by Gasteiger charge is 2.38. The zero-order chi connectivity index (χ0) is 75.2. The van der Waals surface area contributed by atoms with Crippen LogP contribution < -0.4 is 29.4 Å². The Hall–Kier alpha value is -11.1. The second-order valence-electron chi connectivity index (χ2n) is 26.0. The Bertz CT molecular complexity index is 4120. The van der Waals surface area contributed by atoms with Gasteiger partial charge < -0.3 is 69.0 Å². The van der Waals surface area contributed by atoms with Gasteiger partial charge in [-0.05, 0) is 198 Å². The lowest BCUT2D eigenvalue weighted by atomic mass is 10.0. The molecule has 3 aliphatic rings. The number of carbonyl (C=O) groups excluding carboxylic acids is 3. The molecule has 25 nitrogen and oxygen atoms in total. The Balaban J connectivity index is 0.000000186. The summed E-state index contributed by atoms with van der Waals surface area (Å²) in [6, 6.07) is 38.3. The molecule has 0 aliphatic carbocycles. The van der Waals surface area contributed by atoms with Gasteiger partial charge in [0.05, 0.1) is 83.6 Å². The first-order valence-electron chi connectivity index (χ1n) is 36.8. The largest absolute Gasteiger partial charge is 0.497 e. The van der Waals surface area contributed by atoms with Crippen molar-refractivity contribution in [3.8, 4) is 28.7 Å². The molecule has 0 saturated carbocycles. The smallest absolute Gasteiger partial charge is 0.320 e. The highest BCUT2D eigenvalue weighted by atomic mass is 16.5. The van der Waals surface area contributed by atoms with Crippen molar-refractivity contribution in [3.05, 3.63) is 215 Å². The lowest BCUT2D eigenvalue weighted by Crippen LogP contribution is -2.36. The minimum Gasteiger partial charge on any atom is -0.497 e. The van der Waals surface area contributed by atoms with E-state index in [1.807, 2.05) is 97.4 Å². The summed E-state index contributed by atoms with van der Waals surface area (Å²) in [6.45, 7) is 14.8. The van der Waals surface area contributed by atoms with Crippen LogP contribution in [0.2, 0.25) is 0 Å². The number of urea groups is 3. The Morgan fingerprint density at radius 1 is 0.415 bits per heavy atom. The van der Waals surface area contributed by atoms with E-state index in [0.717, 1.165) is 135 Å². The predicted octanol–water partition coefficient (Wildman–Crippen LogP) is 12.4. The fourth-order valence-electron chi connectivity index (χ4n) is 13.4. The van der Waals surface area contributed by atoms with Crippen LogP contribution in [0.5, 0.6) is 28.7 Å². The van der Waals surface area contributed by atoms with Gasteiger partial charge in [-0.2, -0.15) is 0 Å². The van der Waals surface area contributed by atoms with Crippen molar-refractivity contribution in [2.24, 2.45) is 0 Å². The molecule has 3 atom stereocenters. The van der Waals surface area contributed by atoms with Crippen LogP contribution >= 0.6 is 0 Å². The number of anilines is 1. The maximum atomic E-state index is 13.3. The van der Waals surface area contributed by atoms with Gasteiger partial charge in [0.1, 0.15) is 34.6 Å². The number of methoxy groups -OCH3 is 2. The standard InChI is InChI=1S/C30H36N4O5.C30H38N4O3.C21H27N5O4/c1-3-39-27-18-23(20-31-21-27)28(19-29(35)36)34-17-16-33(30(34)37)15-5-8-24-6-4-7-25(32-24)12-9-22-10-13-26(38-2)14-11-22;1-4-29(24-20-28(37-5-2)22-31-21-24)34-19-18-33(30(34)35)17-7-10-25-8-6-9-26(32-25)14-11-23-12-15-27(36-3)16-13-23;1-2-30-17-11-15(13-23-14-17)18(12-20(27)28)26-10-9-25(21(26)29)8-4-6-16-5-3-7-19(22)24-16/h4,6-7,10-11,13-14,18,20-21,28H,3,5,8-9,12,15-17,19H2,1-2H3,(H,35,36);6,8-9,12-13,15-16,20-22,29H,4-5,7,10-11,14,17-19H2,1-3H3;3,5,7,11,13-14,18H,2,4,6,8-10,12H2,1H3,(H2,22,24)(H,27,28)/t28-;29-;18-/m000/s1. The molecular formula is C81H101N13O12. The third-order valence-corrected chi connectivity index (χ3v) is 18.7. The van der Waals surface area contributed by atoms with Gasteiger partial charge in [0.25, 0.3) is 0 Å². The second kappa shape index (κ2) is 40.8. The zero-order valence-corrected chi connectivity index (χ0v) is 61.8. The Labute approximate surface area is 621 Å². The van der Waals surface area contributed by atoms with Gasteiger partial charge in [-0.25, -0.2) is 19.4 Å². The molecule has 3 saturated heterocycles. The van der Waals surface area contributed by atoms with Crippen LogP contribution in [0, 0.1) is 0 Å². The monoisotopic (exact) mass is 1450 g/mol. The van der Waals surface area contributed by atoms with Crippen LogP contribution in [0.3, 0.4) is 0 Å². The van der Waals surface area contributed by atoms with E-state index in [1.54, 1.807) is 83.0 Å². The minimum absolute atomic E-state index is 0.00876. The molecule has 2 aromatic carbocycles. The SMILES string of the molecule is CCOc1cncc([C@H](CC(=O)O)N2CCN(CCCc3cccc(CCc4ccc(OC)cc4)n3)C2=O)c1.CCOc1cncc([C@H](CC(=O)O)N2CCN(CCCc3cccc(N)n3)C2=O)c1.CCOc1cncc([C@H](CC)N2CCN(CCCc3cccc(CCc4ccc(OC)cc4)n3)C2=O)c1. The molecule has 106 heavy (non-hydrogen) atoms. The lowest BCUT2D eigenvalue weighted by Gasteiger charge is -2.27. The molecule has 0 bridgehead atoms. The number of carboxylic acids is 2. The number of amides is 6. The van der Waals surface area contributed by atoms with E-state index < -0.39 is 24.0 Å². The van der Waals surface area contributed by atoms with Gasteiger partial charge in [0, 0.05) is 106 Å². The quantitative estimate of drug-likeness (QED) is 0.0326. The van der Waals surface area contributed by atoms with Crippen molar-refractivity contribution < 1.29 is 57.9 Å². The molecule has 0 spiro atoms. The number of hydrogen-bond acceptors (Lipinski definition) is 17. The average molecular weight is 1450 g/mol. The lowest BCUT2D eigenvalue weighted by molar-refractivity contribution is -0.139. The number of pyridine rings is 6. The summed E-state index contributed by atoms with van der Waals surface area (Å²) < 4.78 is 27.1. The van der Waals surface area contributed by atoms with E-state index in [4.69, 9.17) is 39.4 Å². The molecule has 9 heterocycles. The minimum atomic E-state index is -0.971. The van der Waals surface area contributed by atoms with Gasteiger partial charge in [0.15, 0.2) is 0 Å². The summed E-state index contributed by atoms with van der Waals surface area (Å²) in [5.74, 6) is 2.14. The van der Waals surface area contributed by atoms with Gasteiger partial charge >= 0.3 is 30.0 Å². The third kappa shape index (κ3) is 23.4. The van der Waals surface area contributed by atoms with Crippen molar-refractivity contribution in [3.63, 3.8) is 0 Å². The number of ether oxygens (including phenoxy) is 5. The van der Waals surface area contributed by atoms with Crippen molar-refractivity contribution >= 4 is 35.8 Å². The van der Waals surface area contributed by atoms with E-state index in [1.165, 1.54) is 11.1 Å². The summed E-state index contributed by atoms with van der Waals surface area (Å²) in [5.41, 5.74) is 15.7. The van der Waals surface area contributed by atoms with E-state index in [-0.39, 0.29) is 37.0 Å². The van der Waals surface area contributed by atoms with Crippen LogP contribution in [0.4, 0.5) is 20.2 Å². The predicted molar refractivity (Wildman–Crippen MR) is 403 cm³/mol. The molecule has 3 fully saturated rings. The molecule has 8 aromatic rings. The van der Waals surface area contributed by atoms with Gasteiger partial charge in [-0.15, -0.1) is 0 Å². The highest BCUT2D eigenvalue weighted by molar-refractivity contribution is 5.79. The number of aliphatic carboxylic acids is 2. The maximum absolute atomic E-state index is 13.3. The van der Waals surface area contributed by atoms with Crippen LogP contribution in [-0.4, -0.2) is 192 Å². The molecule has 0 unspecified atom stereocenters. The second-order valence-corrected chi connectivity index (χ2v) is 26.0. The molecule has 6 aromatic heterocycles. The Morgan fingerprint density at radius 3 is 1.08 bits per heavy atom. The van der Waals surface area contributed by atoms with E-state index in [2.05, 4.69) is 69.3 Å². The topological polar surface area (TPSA) is 295 Å².